The Morgan fingerprint density at radius 1 is 0.941 bits per heavy atom. The van der Waals surface area contributed by atoms with E-state index in [0.717, 1.165) is 10.8 Å². The van der Waals surface area contributed by atoms with Crippen LogP contribution in [0.4, 0.5) is 0 Å². The molecule has 0 aliphatic rings. The summed E-state index contributed by atoms with van der Waals surface area (Å²) in [6.45, 7) is 10.2. The predicted molar refractivity (Wildman–Crippen MR) is 77.0 cm³/mol. The molecule has 0 aliphatic carbocycles. The summed E-state index contributed by atoms with van der Waals surface area (Å²) in [4.78, 5) is 0. The van der Waals surface area contributed by atoms with Crippen molar-refractivity contribution in [3.05, 3.63) is 59.3 Å². The Bertz CT molecular complexity index is 760. The Morgan fingerprint density at radius 3 is 2.24 bits per heavy atom. The van der Waals surface area contributed by atoms with Gasteiger partial charge in [0.1, 0.15) is 0 Å². The van der Waals surface area contributed by atoms with Gasteiger partial charge in [-0.05, 0) is 44.8 Å². The summed E-state index contributed by atoms with van der Waals surface area (Å²) in [6.07, 6.45) is 1.91. The Kier molecular flexibility index (Phi) is 2.05. The Balaban J connectivity index is 2.72. The summed E-state index contributed by atoms with van der Waals surface area (Å²) >= 11 is 0. The molecule has 0 bridgehead atoms. The molecule has 0 heteroatoms. The van der Waals surface area contributed by atoms with Crippen molar-refractivity contribution in [2.24, 2.45) is 0 Å². The van der Waals surface area contributed by atoms with Crippen LogP contribution in [0.1, 0.15) is 11.1 Å². The van der Waals surface area contributed by atoms with Crippen LogP contribution in [0.5, 0.6) is 0 Å². The minimum atomic E-state index is 1.07. The SMILES string of the molecule is C=Cc1ccc2cc(C)cc3ccc(=C)c1c23. The maximum absolute atomic E-state index is 4.13. The van der Waals surface area contributed by atoms with E-state index in [0.29, 0.717) is 0 Å². The van der Waals surface area contributed by atoms with E-state index in [1.807, 2.05) is 6.08 Å². The van der Waals surface area contributed by atoms with E-state index in [1.165, 1.54) is 27.1 Å². The molecule has 0 amide bonds. The Hall–Kier alpha value is -2.08. The van der Waals surface area contributed by atoms with Crippen molar-refractivity contribution in [1.82, 2.24) is 0 Å². The second kappa shape index (κ2) is 3.46. The number of benzene rings is 3. The normalized spacial score (nSPS) is 11.1. The van der Waals surface area contributed by atoms with E-state index in [-0.39, 0.29) is 0 Å². The zero-order valence-electron chi connectivity index (χ0n) is 9.96. The summed E-state index contributed by atoms with van der Waals surface area (Å²) in [5.74, 6) is 0. The molecule has 0 aliphatic heterocycles. The van der Waals surface area contributed by atoms with Gasteiger partial charge in [0, 0.05) is 0 Å². The van der Waals surface area contributed by atoms with Crippen LogP contribution in [0, 0.1) is 6.92 Å². The predicted octanol–water partition coefficient (Wildman–Crippen LogP) is 4.07. The molecule has 3 aromatic rings. The van der Waals surface area contributed by atoms with Crippen molar-refractivity contribution in [2.45, 2.75) is 6.92 Å². The summed E-state index contributed by atoms with van der Waals surface area (Å²) < 4.78 is 0. The van der Waals surface area contributed by atoms with E-state index in [2.05, 4.69) is 56.5 Å². The lowest BCUT2D eigenvalue weighted by molar-refractivity contribution is 1.52. The molecule has 0 unspecified atom stereocenters. The van der Waals surface area contributed by atoms with Crippen molar-refractivity contribution < 1.29 is 0 Å². The smallest absolute Gasteiger partial charge is 0.00268 e. The molecule has 0 aromatic heterocycles. The molecule has 0 nitrogen and oxygen atoms in total. The standard InChI is InChI=1S/C17H14/c1-4-13-7-8-15-10-11(2)9-14-6-5-12(3)16(13)17(14)15/h4-10H,1,3H2,2H3. The lowest BCUT2D eigenvalue weighted by atomic mass is 9.94. The quantitative estimate of drug-likeness (QED) is 0.577. The van der Waals surface area contributed by atoms with Crippen LogP contribution in [0.15, 0.2) is 43.0 Å². The molecule has 0 heterocycles. The highest BCUT2D eigenvalue weighted by atomic mass is 14.1. The van der Waals surface area contributed by atoms with Crippen molar-refractivity contribution in [1.29, 1.82) is 0 Å². The van der Waals surface area contributed by atoms with E-state index in [4.69, 9.17) is 0 Å². The lowest BCUT2D eigenvalue weighted by Crippen LogP contribution is -2.01. The fraction of sp³-hybridized carbons (Fsp3) is 0.0588. The van der Waals surface area contributed by atoms with Gasteiger partial charge in [-0.25, -0.2) is 0 Å². The van der Waals surface area contributed by atoms with Crippen molar-refractivity contribution >= 4 is 34.2 Å². The summed E-state index contributed by atoms with van der Waals surface area (Å²) in [5, 5.41) is 6.18. The maximum Gasteiger partial charge on any atom is -0.00268 e. The van der Waals surface area contributed by atoms with E-state index >= 15 is 0 Å². The second-order valence-electron chi connectivity index (χ2n) is 4.54. The zero-order valence-corrected chi connectivity index (χ0v) is 9.96. The topological polar surface area (TPSA) is 0 Å². The molecular formula is C17H14. The van der Waals surface area contributed by atoms with Crippen LogP contribution in [-0.2, 0) is 0 Å². The van der Waals surface area contributed by atoms with Crippen LogP contribution in [-0.4, -0.2) is 0 Å². The molecule has 3 aromatic carbocycles. The van der Waals surface area contributed by atoms with E-state index in [1.54, 1.807) is 0 Å². The molecule has 0 radical (unpaired) electrons. The third-order valence-electron chi connectivity index (χ3n) is 3.33. The first-order valence-electron chi connectivity index (χ1n) is 5.78. The molecule has 0 spiro atoms. The number of aryl methyl sites for hydroxylation is 1. The fourth-order valence-electron chi connectivity index (χ4n) is 2.59. The second-order valence-corrected chi connectivity index (χ2v) is 4.54. The average molecular weight is 218 g/mol. The lowest BCUT2D eigenvalue weighted by Gasteiger charge is -2.10. The largest absolute Gasteiger partial charge is 0.0984 e. The molecule has 0 saturated carbocycles. The van der Waals surface area contributed by atoms with Gasteiger partial charge in [0.25, 0.3) is 0 Å². The van der Waals surface area contributed by atoms with Gasteiger partial charge in [0.15, 0.2) is 0 Å². The molecule has 0 saturated heterocycles. The average Bonchev–Trinajstić information content (AvgIpc) is 2.33. The van der Waals surface area contributed by atoms with Gasteiger partial charge < -0.3 is 0 Å². The number of hydrogen-bond donors (Lipinski definition) is 0. The Morgan fingerprint density at radius 2 is 1.59 bits per heavy atom. The highest BCUT2D eigenvalue weighted by molar-refractivity contribution is 6.13. The third-order valence-corrected chi connectivity index (χ3v) is 3.33. The van der Waals surface area contributed by atoms with Gasteiger partial charge in [0.05, 0.1) is 0 Å². The van der Waals surface area contributed by atoms with Gasteiger partial charge in [-0.3, -0.25) is 0 Å². The van der Waals surface area contributed by atoms with Crippen LogP contribution >= 0.6 is 0 Å². The molecule has 0 atom stereocenters. The first kappa shape index (κ1) is 10.1. The van der Waals surface area contributed by atoms with Crippen molar-refractivity contribution in [3.8, 4) is 0 Å². The maximum atomic E-state index is 4.13. The van der Waals surface area contributed by atoms with Crippen LogP contribution in [0.2, 0.25) is 0 Å². The van der Waals surface area contributed by atoms with Gasteiger partial charge in [0.2, 0.25) is 0 Å². The van der Waals surface area contributed by atoms with Gasteiger partial charge >= 0.3 is 0 Å². The zero-order chi connectivity index (χ0) is 12.0. The number of hydrogen-bond acceptors (Lipinski definition) is 0. The Labute approximate surface area is 101 Å². The minimum Gasteiger partial charge on any atom is -0.0984 e. The van der Waals surface area contributed by atoms with Crippen LogP contribution in [0.3, 0.4) is 0 Å². The van der Waals surface area contributed by atoms with Crippen LogP contribution in [0.25, 0.3) is 34.2 Å². The summed E-state index contributed by atoms with van der Waals surface area (Å²) in [6, 6.07) is 13.0. The fourth-order valence-corrected chi connectivity index (χ4v) is 2.59. The van der Waals surface area contributed by atoms with Gasteiger partial charge in [-0.1, -0.05) is 55.6 Å². The first-order chi connectivity index (χ1) is 8.20. The van der Waals surface area contributed by atoms with E-state index in [9.17, 15) is 0 Å². The molecule has 17 heavy (non-hydrogen) atoms. The van der Waals surface area contributed by atoms with Crippen LogP contribution < -0.4 is 5.22 Å². The minimum absolute atomic E-state index is 1.07. The highest BCUT2D eigenvalue weighted by Crippen LogP contribution is 2.28. The first-order valence-corrected chi connectivity index (χ1v) is 5.78. The third kappa shape index (κ3) is 1.38. The van der Waals surface area contributed by atoms with Crippen molar-refractivity contribution in [3.63, 3.8) is 0 Å². The number of rotatable bonds is 1. The van der Waals surface area contributed by atoms with Gasteiger partial charge in [-0.15, -0.1) is 0 Å². The van der Waals surface area contributed by atoms with Crippen molar-refractivity contribution in [2.75, 3.05) is 0 Å². The molecule has 0 fully saturated rings. The molecule has 82 valence electrons. The highest BCUT2D eigenvalue weighted by Gasteiger charge is 2.06. The molecule has 3 rings (SSSR count). The summed E-state index contributed by atoms with van der Waals surface area (Å²) in [5.41, 5.74) is 2.46. The molecular weight excluding hydrogens is 204 g/mol. The summed E-state index contributed by atoms with van der Waals surface area (Å²) in [7, 11) is 0. The van der Waals surface area contributed by atoms with Gasteiger partial charge in [-0.2, -0.15) is 0 Å². The monoisotopic (exact) mass is 218 g/mol. The molecule has 0 N–H and O–H groups in total. The van der Waals surface area contributed by atoms with E-state index < -0.39 is 0 Å².